The van der Waals surface area contributed by atoms with Crippen LogP contribution in [-0.4, -0.2) is 27.4 Å². The van der Waals surface area contributed by atoms with Gasteiger partial charge in [0.05, 0.1) is 22.9 Å². The number of rotatable bonds is 3. The molecule has 1 aromatic carbocycles. The standard InChI is InChI=1S/C25H28N6O/c1-3-25(17-8-6-7-16(13-17)20-9-12-27-31(20)2)18-15-26-30-22(18)28-19-14-24(10-4-5-11-24)29-23(32)21(19)25/h6-9,12-13,15,22,28H,3-5,10-11,14H2,1-2H3,(H,29,32)/t22?,25-/m1/s1. The molecule has 7 heteroatoms. The van der Waals surface area contributed by atoms with Crippen molar-refractivity contribution in [2.24, 2.45) is 17.3 Å². The van der Waals surface area contributed by atoms with Gasteiger partial charge < -0.3 is 10.6 Å². The van der Waals surface area contributed by atoms with Crippen molar-refractivity contribution in [3.63, 3.8) is 0 Å². The molecule has 1 aromatic heterocycles. The van der Waals surface area contributed by atoms with Crippen LogP contribution in [0.2, 0.25) is 0 Å². The number of nitrogens with zero attached hydrogens (tertiary/aromatic N) is 4. The van der Waals surface area contributed by atoms with Crippen molar-refractivity contribution in [2.75, 3.05) is 0 Å². The van der Waals surface area contributed by atoms with Gasteiger partial charge in [-0.05, 0) is 37.0 Å². The van der Waals surface area contributed by atoms with Crippen molar-refractivity contribution in [3.8, 4) is 11.3 Å². The lowest BCUT2D eigenvalue weighted by Crippen LogP contribution is -2.59. The van der Waals surface area contributed by atoms with E-state index in [1.165, 1.54) is 12.8 Å². The lowest BCUT2D eigenvalue weighted by molar-refractivity contribution is -0.121. The highest BCUT2D eigenvalue weighted by atomic mass is 16.2. The van der Waals surface area contributed by atoms with Crippen LogP contribution in [-0.2, 0) is 17.3 Å². The van der Waals surface area contributed by atoms with Crippen molar-refractivity contribution in [1.29, 1.82) is 0 Å². The quantitative estimate of drug-likeness (QED) is 0.772. The predicted molar refractivity (Wildman–Crippen MR) is 121 cm³/mol. The van der Waals surface area contributed by atoms with Crippen LogP contribution in [0.4, 0.5) is 0 Å². The highest BCUT2D eigenvalue weighted by molar-refractivity contribution is 6.00. The Labute approximate surface area is 187 Å². The van der Waals surface area contributed by atoms with Gasteiger partial charge in [0.15, 0.2) is 6.17 Å². The first-order chi connectivity index (χ1) is 15.6. The summed E-state index contributed by atoms with van der Waals surface area (Å²) in [4.78, 5) is 13.8. The average molecular weight is 429 g/mol. The molecule has 164 valence electrons. The molecule has 2 aromatic rings. The Kier molecular flexibility index (Phi) is 4.19. The van der Waals surface area contributed by atoms with Gasteiger partial charge in [-0.3, -0.25) is 9.48 Å². The first-order valence-corrected chi connectivity index (χ1v) is 11.6. The Hall–Kier alpha value is -3.22. The highest BCUT2D eigenvalue weighted by Gasteiger charge is 2.54. The van der Waals surface area contributed by atoms with Gasteiger partial charge in [0.1, 0.15) is 0 Å². The number of aromatic nitrogens is 2. The number of aryl methyl sites for hydroxylation is 1. The monoisotopic (exact) mass is 428 g/mol. The van der Waals surface area contributed by atoms with E-state index in [0.717, 1.165) is 59.3 Å². The molecule has 7 nitrogen and oxygen atoms in total. The van der Waals surface area contributed by atoms with Crippen LogP contribution in [0.3, 0.4) is 0 Å². The number of amides is 1. The van der Waals surface area contributed by atoms with Crippen LogP contribution < -0.4 is 10.6 Å². The molecule has 4 aliphatic rings. The summed E-state index contributed by atoms with van der Waals surface area (Å²) in [5.74, 6) is 0.0553. The molecule has 1 saturated carbocycles. The molecule has 1 spiro atoms. The second-order valence-corrected chi connectivity index (χ2v) is 9.51. The van der Waals surface area contributed by atoms with Crippen LogP contribution in [0, 0.1) is 0 Å². The van der Waals surface area contributed by atoms with Gasteiger partial charge >= 0.3 is 0 Å². The van der Waals surface area contributed by atoms with Gasteiger partial charge in [-0.25, -0.2) is 0 Å². The fourth-order valence-electron chi connectivity index (χ4n) is 6.39. The molecule has 4 heterocycles. The van der Waals surface area contributed by atoms with Crippen molar-refractivity contribution < 1.29 is 4.79 Å². The van der Waals surface area contributed by atoms with Crippen LogP contribution in [0.25, 0.3) is 11.3 Å². The Balaban J connectivity index is 1.55. The zero-order valence-electron chi connectivity index (χ0n) is 18.6. The Bertz CT molecular complexity index is 1200. The summed E-state index contributed by atoms with van der Waals surface area (Å²) < 4.78 is 1.88. The molecule has 1 unspecified atom stereocenters. The summed E-state index contributed by atoms with van der Waals surface area (Å²) in [7, 11) is 1.95. The molecular weight excluding hydrogens is 400 g/mol. The largest absolute Gasteiger partial charge is 0.362 e. The second kappa shape index (κ2) is 6.89. The topological polar surface area (TPSA) is 83.7 Å². The number of benzene rings is 1. The minimum absolute atomic E-state index is 0.0553. The van der Waals surface area contributed by atoms with E-state index in [9.17, 15) is 4.79 Å². The molecule has 1 fully saturated rings. The summed E-state index contributed by atoms with van der Waals surface area (Å²) >= 11 is 0. The molecule has 0 saturated heterocycles. The maximum atomic E-state index is 13.8. The minimum Gasteiger partial charge on any atom is -0.362 e. The molecule has 2 N–H and O–H groups in total. The van der Waals surface area contributed by atoms with E-state index in [1.807, 2.05) is 30.2 Å². The molecule has 6 rings (SSSR count). The summed E-state index contributed by atoms with van der Waals surface area (Å²) in [5.41, 5.74) is 5.51. The van der Waals surface area contributed by atoms with Crippen molar-refractivity contribution in [3.05, 3.63) is 65.1 Å². The maximum absolute atomic E-state index is 13.8. The summed E-state index contributed by atoms with van der Waals surface area (Å²) in [6, 6.07) is 10.5. The fraction of sp³-hybridized carbons (Fsp3) is 0.440. The lowest BCUT2D eigenvalue weighted by Gasteiger charge is -2.49. The van der Waals surface area contributed by atoms with E-state index in [1.54, 1.807) is 0 Å². The van der Waals surface area contributed by atoms with Gasteiger partial charge in [-0.1, -0.05) is 38.0 Å². The number of hydrogen-bond acceptors (Lipinski definition) is 5. The normalized spacial score (nSPS) is 27.8. The first kappa shape index (κ1) is 19.5. The lowest BCUT2D eigenvalue weighted by atomic mass is 9.61. The van der Waals surface area contributed by atoms with Gasteiger partial charge in [0, 0.05) is 42.0 Å². The zero-order chi connectivity index (χ0) is 21.9. The predicted octanol–water partition coefficient (Wildman–Crippen LogP) is 4.10. The molecule has 0 bridgehead atoms. The molecule has 2 atom stereocenters. The van der Waals surface area contributed by atoms with Crippen molar-refractivity contribution >= 4 is 5.91 Å². The highest BCUT2D eigenvalue weighted by Crippen LogP contribution is 2.53. The van der Waals surface area contributed by atoms with Crippen LogP contribution in [0.15, 0.2) is 69.8 Å². The first-order valence-electron chi connectivity index (χ1n) is 11.6. The Morgan fingerprint density at radius 3 is 2.81 bits per heavy atom. The molecule has 1 amide bonds. The smallest absolute Gasteiger partial charge is 0.250 e. The third-order valence-electron chi connectivity index (χ3n) is 7.89. The second-order valence-electron chi connectivity index (χ2n) is 9.51. The Morgan fingerprint density at radius 2 is 2.06 bits per heavy atom. The van der Waals surface area contributed by atoms with Gasteiger partial charge in [-0.15, -0.1) is 0 Å². The summed E-state index contributed by atoms with van der Waals surface area (Å²) in [6.07, 6.45) is 9.49. The average Bonchev–Trinajstić information content (AvgIpc) is 3.54. The third kappa shape index (κ3) is 2.60. The van der Waals surface area contributed by atoms with E-state index in [4.69, 9.17) is 0 Å². The molecular formula is C25H28N6O. The minimum atomic E-state index is -0.562. The molecule has 0 radical (unpaired) electrons. The van der Waals surface area contributed by atoms with E-state index in [2.05, 4.69) is 57.1 Å². The van der Waals surface area contributed by atoms with Gasteiger partial charge in [-0.2, -0.15) is 15.3 Å². The maximum Gasteiger partial charge on any atom is 0.250 e. The van der Waals surface area contributed by atoms with E-state index in [-0.39, 0.29) is 17.6 Å². The van der Waals surface area contributed by atoms with E-state index >= 15 is 0 Å². The Morgan fingerprint density at radius 1 is 1.22 bits per heavy atom. The van der Waals surface area contributed by atoms with E-state index < -0.39 is 5.41 Å². The van der Waals surface area contributed by atoms with Crippen LogP contribution >= 0.6 is 0 Å². The number of fused-ring (bicyclic) bond motifs is 1. The summed E-state index contributed by atoms with van der Waals surface area (Å²) in [6.45, 7) is 2.16. The number of hydrogen-bond donors (Lipinski definition) is 2. The zero-order valence-corrected chi connectivity index (χ0v) is 18.6. The number of nitrogens with one attached hydrogen (secondary N) is 2. The number of carbonyl (C=O) groups excluding carboxylic acids is 1. The molecule has 3 aliphatic heterocycles. The summed E-state index contributed by atoms with van der Waals surface area (Å²) in [5, 5.41) is 20.1. The number of azo groups is 1. The SMILES string of the molecule is CC[C@@]1(c2cccc(-c3ccnn3C)c2)C2=CN=NC2NC2=C1C(=O)NC1(CCCC1)C2. The van der Waals surface area contributed by atoms with Crippen LogP contribution in [0.5, 0.6) is 0 Å². The third-order valence-corrected chi connectivity index (χ3v) is 7.89. The fourth-order valence-corrected chi connectivity index (χ4v) is 6.39. The van der Waals surface area contributed by atoms with E-state index in [0.29, 0.717) is 0 Å². The number of carbonyl (C=O) groups is 1. The van der Waals surface area contributed by atoms with Gasteiger partial charge in [0.2, 0.25) is 0 Å². The molecule has 1 aliphatic carbocycles. The van der Waals surface area contributed by atoms with Crippen LogP contribution in [0.1, 0.15) is 51.0 Å². The van der Waals surface area contributed by atoms with Crippen molar-refractivity contribution in [2.45, 2.75) is 62.6 Å². The molecule has 32 heavy (non-hydrogen) atoms. The van der Waals surface area contributed by atoms with Gasteiger partial charge in [0.25, 0.3) is 5.91 Å². The van der Waals surface area contributed by atoms with Crippen molar-refractivity contribution in [1.82, 2.24) is 20.4 Å².